The summed E-state index contributed by atoms with van der Waals surface area (Å²) in [4.78, 5) is 2.63. The molecule has 1 aromatic carbocycles. The molecule has 21 heavy (non-hydrogen) atoms. The van der Waals surface area contributed by atoms with Crippen molar-refractivity contribution >= 4 is 0 Å². The molecule has 0 aromatic heterocycles. The Morgan fingerprint density at radius 2 is 1.86 bits per heavy atom. The molecule has 0 spiro atoms. The molecule has 0 amide bonds. The van der Waals surface area contributed by atoms with Crippen molar-refractivity contribution in [1.82, 2.24) is 4.90 Å². The molecule has 3 atom stereocenters. The van der Waals surface area contributed by atoms with Gasteiger partial charge in [-0.25, -0.2) is 0 Å². The van der Waals surface area contributed by atoms with Crippen molar-refractivity contribution in [2.24, 2.45) is 5.92 Å². The lowest BCUT2D eigenvalue weighted by Gasteiger charge is -2.44. The summed E-state index contributed by atoms with van der Waals surface area (Å²) in [5, 5.41) is 10.2. The average molecular weight is 289 g/mol. The third kappa shape index (κ3) is 3.24. The summed E-state index contributed by atoms with van der Waals surface area (Å²) >= 11 is 0. The zero-order chi connectivity index (χ0) is 14.7. The number of phenolic OH excluding ortho intramolecular Hbond substituents is 1. The van der Waals surface area contributed by atoms with Gasteiger partial charge in [-0.1, -0.05) is 38.0 Å². The number of para-hydroxylation sites is 1. The van der Waals surface area contributed by atoms with Crippen molar-refractivity contribution in [1.29, 1.82) is 0 Å². The van der Waals surface area contributed by atoms with E-state index < -0.39 is 0 Å². The van der Waals surface area contributed by atoms with E-state index in [4.69, 9.17) is 4.74 Å². The largest absolute Gasteiger partial charge is 0.508 e. The van der Waals surface area contributed by atoms with Crippen LogP contribution in [0.5, 0.6) is 5.75 Å². The number of morpholine rings is 1. The maximum atomic E-state index is 10.2. The highest BCUT2D eigenvalue weighted by atomic mass is 16.5. The van der Waals surface area contributed by atoms with Crippen molar-refractivity contribution in [2.45, 2.75) is 44.6 Å². The fourth-order valence-corrected chi connectivity index (χ4v) is 4.19. The first kappa shape index (κ1) is 14.9. The minimum absolute atomic E-state index is 0.416. The zero-order valence-electron chi connectivity index (χ0n) is 13.0. The molecular weight excluding hydrogens is 262 g/mol. The molecule has 1 heterocycles. The lowest BCUT2D eigenvalue weighted by molar-refractivity contribution is -0.0109. The third-order valence-corrected chi connectivity index (χ3v) is 5.37. The minimum atomic E-state index is 0.416. The number of rotatable bonds is 3. The Morgan fingerprint density at radius 1 is 1.14 bits per heavy atom. The van der Waals surface area contributed by atoms with Gasteiger partial charge in [0.15, 0.2) is 0 Å². The Bertz CT molecular complexity index is 456. The number of benzene rings is 1. The molecule has 1 N–H and O–H groups in total. The molecule has 0 unspecified atom stereocenters. The number of aromatic hydroxyl groups is 1. The Hall–Kier alpha value is -1.06. The maximum Gasteiger partial charge on any atom is 0.119 e. The van der Waals surface area contributed by atoms with Gasteiger partial charge in [0.1, 0.15) is 5.75 Å². The summed E-state index contributed by atoms with van der Waals surface area (Å²) in [5.41, 5.74) is 1.11. The van der Waals surface area contributed by atoms with Crippen LogP contribution in [-0.4, -0.2) is 42.4 Å². The monoisotopic (exact) mass is 289 g/mol. The molecule has 3 heteroatoms. The first-order valence-electron chi connectivity index (χ1n) is 8.37. The Labute approximate surface area is 127 Å². The van der Waals surface area contributed by atoms with Gasteiger partial charge in [0.2, 0.25) is 0 Å². The number of phenols is 1. The van der Waals surface area contributed by atoms with E-state index in [-0.39, 0.29) is 0 Å². The smallest absolute Gasteiger partial charge is 0.119 e. The van der Waals surface area contributed by atoms with Crippen molar-refractivity contribution in [3.8, 4) is 5.75 Å². The first-order chi connectivity index (χ1) is 10.3. The van der Waals surface area contributed by atoms with Crippen LogP contribution in [0.1, 0.15) is 44.1 Å². The summed E-state index contributed by atoms with van der Waals surface area (Å²) in [5.74, 6) is 1.51. The second-order valence-corrected chi connectivity index (χ2v) is 6.51. The van der Waals surface area contributed by atoms with E-state index in [1.165, 1.54) is 25.7 Å². The van der Waals surface area contributed by atoms with Gasteiger partial charge in [-0.3, -0.25) is 4.90 Å². The topological polar surface area (TPSA) is 32.7 Å². The first-order valence-corrected chi connectivity index (χ1v) is 8.37. The molecule has 0 radical (unpaired) electrons. The molecule has 1 aliphatic heterocycles. The highest BCUT2D eigenvalue weighted by Gasteiger charge is 2.35. The molecular formula is C18H27NO2. The molecule has 1 saturated heterocycles. The van der Waals surface area contributed by atoms with Crippen molar-refractivity contribution in [2.75, 3.05) is 26.3 Å². The second-order valence-electron chi connectivity index (χ2n) is 6.51. The van der Waals surface area contributed by atoms with Gasteiger partial charge in [0.25, 0.3) is 0 Å². The Kier molecular flexibility index (Phi) is 4.81. The zero-order valence-corrected chi connectivity index (χ0v) is 13.0. The Morgan fingerprint density at radius 3 is 2.62 bits per heavy atom. The maximum absolute atomic E-state index is 10.2. The quantitative estimate of drug-likeness (QED) is 0.926. The molecule has 0 bridgehead atoms. The lowest BCUT2D eigenvalue weighted by Crippen LogP contribution is -2.49. The minimum Gasteiger partial charge on any atom is -0.508 e. The standard InChI is InChI=1S/C18H27NO2/c1-14(16-7-3-5-9-18(16)20)15-6-2-4-8-17(15)19-10-12-21-13-11-19/h3,5,7,9,14-15,17,20H,2,4,6,8,10-13H2,1H3/t14-,15-,17-/m0/s1. The average Bonchev–Trinajstić information content (AvgIpc) is 2.55. The predicted molar refractivity (Wildman–Crippen MR) is 84.7 cm³/mol. The van der Waals surface area contributed by atoms with E-state index in [9.17, 15) is 5.11 Å². The van der Waals surface area contributed by atoms with E-state index in [2.05, 4.69) is 17.9 Å². The van der Waals surface area contributed by atoms with Gasteiger partial charge < -0.3 is 9.84 Å². The highest BCUT2D eigenvalue weighted by molar-refractivity contribution is 5.35. The molecule has 1 saturated carbocycles. The molecule has 1 aliphatic carbocycles. The van der Waals surface area contributed by atoms with Crippen LogP contribution in [0, 0.1) is 5.92 Å². The third-order valence-electron chi connectivity index (χ3n) is 5.37. The van der Waals surface area contributed by atoms with Gasteiger partial charge in [-0.2, -0.15) is 0 Å². The summed E-state index contributed by atoms with van der Waals surface area (Å²) in [7, 11) is 0. The van der Waals surface area contributed by atoms with Gasteiger partial charge in [0, 0.05) is 19.1 Å². The summed E-state index contributed by atoms with van der Waals surface area (Å²) in [6.07, 6.45) is 5.23. The SMILES string of the molecule is C[C@H](c1ccccc1O)[C@@H]1CCCC[C@@H]1N1CCOCC1. The Balaban J connectivity index is 1.78. The van der Waals surface area contributed by atoms with Crippen molar-refractivity contribution in [3.63, 3.8) is 0 Å². The van der Waals surface area contributed by atoms with Gasteiger partial charge in [0.05, 0.1) is 13.2 Å². The van der Waals surface area contributed by atoms with Crippen LogP contribution < -0.4 is 0 Å². The van der Waals surface area contributed by atoms with Crippen LogP contribution in [0.3, 0.4) is 0 Å². The molecule has 2 aliphatic rings. The summed E-state index contributed by atoms with van der Waals surface area (Å²) in [6, 6.07) is 8.50. The van der Waals surface area contributed by atoms with E-state index in [1.54, 1.807) is 0 Å². The van der Waals surface area contributed by atoms with Crippen molar-refractivity contribution in [3.05, 3.63) is 29.8 Å². The molecule has 3 nitrogen and oxygen atoms in total. The van der Waals surface area contributed by atoms with E-state index in [0.717, 1.165) is 31.9 Å². The van der Waals surface area contributed by atoms with Crippen LogP contribution in [-0.2, 0) is 4.74 Å². The lowest BCUT2D eigenvalue weighted by atomic mass is 9.73. The van der Waals surface area contributed by atoms with E-state index in [0.29, 0.717) is 23.6 Å². The predicted octanol–water partition coefficient (Wildman–Crippen LogP) is 3.39. The molecule has 2 fully saturated rings. The van der Waals surface area contributed by atoms with Gasteiger partial charge in [-0.05, 0) is 36.3 Å². The van der Waals surface area contributed by atoms with Crippen LogP contribution in [0.15, 0.2) is 24.3 Å². The summed E-state index contributed by atoms with van der Waals surface area (Å²) in [6.45, 7) is 6.16. The number of nitrogens with zero attached hydrogens (tertiary/aromatic N) is 1. The van der Waals surface area contributed by atoms with Crippen molar-refractivity contribution < 1.29 is 9.84 Å². The number of hydrogen-bond acceptors (Lipinski definition) is 3. The van der Waals surface area contributed by atoms with Crippen LogP contribution >= 0.6 is 0 Å². The number of ether oxygens (including phenoxy) is 1. The normalized spacial score (nSPS) is 29.2. The van der Waals surface area contributed by atoms with E-state index >= 15 is 0 Å². The molecule has 116 valence electrons. The van der Waals surface area contributed by atoms with Gasteiger partial charge in [-0.15, -0.1) is 0 Å². The van der Waals surface area contributed by atoms with Crippen LogP contribution in [0.2, 0.25) is 0 Å². The van der Waals surface area contributed by atoms with Crippen LogP contribution in [0.4, 0.5) is 0 Å². The van der Waals surface area contributed by atoms with Crippen LogP contribution in [0.25, 0.3) is 0 Å². The van der Waals surface area contributed by atoms with Gasteiger partial charge >= 0.3 is 0 Å². The summed E-state index contributed by atoms with van der Waals surface area (Å²) < 4.78 is 5.51. The highest BCUT2D eigenvalue weighted by Crippen LogP contribution is 2.41. The number of hydrogen-bond donors (Lipinski definition) is 1. The second kappa shape index (κ2) is 6.80. The fourth-order valence-electron chi connectivity index (χ4n) is 4.19. The molecule has 3 rings (SSSR count). The fraction of sp³-hybridized carbons (Fsp3) is 0.667. The molecule has 1 aromatic rings. The van der Waals surface area contributed by atoms with E-state index in [1.807, 2.05) is 18.2 Å².